The smallest absolute Gasteiger partial charge is 0.252 e. The molecule has 1 aromatic rings. The van der Waals surface area contributed by atoms with Crippen LogP contribution in [-0.2, 0) is 0 Å². The molecule has 0 aromatic carbocycles. The van der Waals surface area contributed by atoms with Gasteiger partial charge in [0, 0.05) is 17.9 Å². The molecule has 1 atom stereocenters. The molecular weight excluding hydrogens is 198 g/mol. The van der Waals surface area contributed by atoms with Crippen LogP contribution in [0, 0.1) is 0 Å². The van der Waals surface area contributed by atoms with E-state index in [1.54, 1.807) is 11.8 Å². The topological polar surface area (TPSA) is 57.8 Å². The molecule has 2 N–H and O–H groups in total. The minimum Gasteiger partial charge on any atom is -0.366 e. The summed E-state index contributed by atoms with van der Waals surface area (Å²) in [6.07, 6.45) is 4.50. The second kappa shape index (κ2) is 5.70. The number of anilines is 1. The fourth-order valence-electron chi connectivity index (χ4n) is 1.12. The minimum atomic E-state index is -0.124. The lowest BCUT2D eigenvalue weighted by Gasteiger charge is -2.15. The minimum absolute atomic E-state index is 0.124. The zero-order valence-electron chi connectivity index (χ0n) is 8.41. The quantitative estimate of drug-likeness (QED) is 0.774. The standard InChI is InChI=1S/C9H15N3OS/c1-3-7(5-14-2)12-8-4-9(13)11-6-10-8/h4,6-7H,3,5H2,1-2H3,(H2,10,11,12,13). The Kier molecular flexibility index (Phi) is 4.52. The highest BCUT2D eigenvalue weighted by Gasteiger charge is 2.05. The summed E-state index contributed by atoms with van der Waals surface area (Å²) in [5.41, 5.74) is -0.124. The summed E-state index contributed by atoms with van der Waals surface area (Å²) in [5.74, 6) is 1.67. The average molecular weight is 213 g/mol. The number of H-pyrrole nitrogens is 1. The summed E-state index contributed by atoms with van der Waals surface area (Å²) in [5, 5.41) is 3.22. The summed E-state index contributed by atoms with van der Waals surface area (Å²) in [7, 11) is 0. The Bertz CT molecular complexity index is 326. The van der Waals surface area contributed by atoms with Crippen molar-refractivity contribution in [3.8, 4) is 0 Å². The van der Waals surface area contributed by atoms with E-state index in [4.69, 9.17) is 0 Å². The third-order valence-corrected chi connectivity index (χ3v) is 2.63. The SMILES string of the molecule is CCC(CSC)Nc1cc(=O)[nH]cn1. The van der Waals surface area contributed by atoms with Crippen LogP contribution in [0.3, 0.4) is 0 Å². The number of nitrogens with zero attached hydrogens (tertiary/aromatic N) is 1. The molecule has 0 fully saturated rings. The van der Waals surface area contributed by atoms with Crippen LogP contribution in [0.5, 0.6) is 0 Å². The van der Waals surface area contributed by atoms with Crippen LogP contribution in [0.4, 0.5) is 5.82 Å². The van der Waals surface area contributed by atoms with E-state index in [0.29, 0.717) is 11.9 Å². The normalized spacial score (nSPS) is 12.4. The van der Waals surface area contributed by atoms with Crippen molar-refractivity contribution in [2.45, 2.75) is 19.4 Å². The van der Waals surface area contributed by atoms with Gasteiger partial charge in [0.15, 0.2) is 0 Å². The van der Waals surface area contributed by atoms with Gasteiger partial charge in [-0.1, -0.05) is 6.92 Å². The molecule has 0 saturated carbocycles. The highest BCUT2D eigenvalue weighted by atomic mass is 32.2. The van der Waals surface area contributed by atoms with E-state index < -0.39 is 0 Å². The fraction of sp³-hybridized carbons (Fsp3) is 0.556. The van der Waals surface area contributed by atoms with Crippen LogP contribution in [0.15, 0.2) is 17.2 Å². The molecule has 0 amide bonds. The van der Waals surface area contributed by atoms with Crippen molar-refractivity contribution < 1.29 is 0 Å². The van der Waals surface area contributed by atoms with E-state index in [1.807, 2.05) is 0 Å². The van der Waals surface area contributed by atoms with Gasteiger partial charge in [-0.05, 0) is 12.7 Å². The lowest BCUT2D eigenvalue weighted by Crippen LogP contribution is -2.23. The number of thioether (sulfide) groups is 1. The van der Waals surface area contributed by atoms with Gasteiger partial charge in [0.2, 0.25) is 0 Å². The predicted molar refractivity (Wildman–Crippen MR) is 60.9 cm³/mol. The Balaban J connectivity index is 2.62. The monoisotopic (exact) mass is 213 g/mol. The van der Waals surface area contributed by atoms with Crippen molar-refractivity contribution in [2.24, 2.45) is 0 Å². The zero-order valence-corrected chi connectivity index (χ0v) is 9.23. The molecule has 1 heterocycles. The van der Waals surface area contributed by atoms with E-state index in [0.717, 1.165) is 12.2 Å². The lowest BCUT2D eigenvalue weighted by molar-refractivity contribution is 0.768. The van der Waals surface area contributed by atoms with Gasteiger partial charge < -0.3 is 10.3 Å². The molecule has 1 unspecified atom stereocenters. The molecule has 5 heteroatoms. The van der Waals surface area contributed by atoms with Gasteiger partial charge in [-0.3, -0.25) is 4.79 Å². The first-order chi connectivity index (χ1) is 6.76. The maximum atomic E-state index is 11.0. The number of aromatic amines is 1. The molecule has 1 aromatic heterocycles. The molecule has 0 spiro atoms. The molecule has 4 nitrogen and oxygen atoms in total. The van der Waals surface area contributed by atoms with Gasteiger partial charge in [0.25, 0.3) is 5.56 Å². The maximum Gasteiger partial charge on any atom is 0.252 e. The Morgan fingerprint density at radius 2 is 2.50 bits per heavy atom. The van der Waals surface area contributed by atoms with Gasteiger partial charge in [-0.15, -0.1) is 0 Å². The largest absolute Gasteiger partial charge is 0.366 e. The molecule has 0 saturated heterocycles. The van der Waals surface area contributed by atoms with Gasteiger partial charge in [0.05, 0.1) is 6.33 Å². The lowest BCUT2D eigenvalue weighted by atomic mass is 10.2. The number of nitrogens with one attached hydrogen (secondary N) is 2. The van der Waals surface area contributed by atoms with Crippen molar-refractivity contribution in [1.29, 1.82) is 0 Å². The molecule has 0 radical (unpaired) electrons. The summed E-state index contributed by atoms with van der Waals surface area (Å²) in [6, 6.07) is 1.85. The summed E-state index contributed by atoms with van der Waals surface area (Å²) < 4.78 is 0. The molecule has 0 bridgehead atoms. The summed E-state index contributed by atoms with van der Waals surface area (Å²) in [4.78, 5) is 17.5. The van der Waals surface area contributed by atoms with Gasteiger partial charge in [-0.25, -0.2) is 4.98 Å². The molecule has 1 rings (SSSR count). The third kappa shape index (κ3) is 3.41. The summed E-state index contributed by atoms with van der Waals surface area (Å²) >= 11 is 1.78. The highest BCUT2D eigenvalue weighted by molar-refractivity contribution is 7.98. The fourth-order valence-corrected chi connectivity index (χ4v) is 1.84. The molecular formula is C9H15N3OS. The van der Waals surface area contributed by atoms with Crippen molar-refractivity contribution in [3.63, 3.8) is 0 Å². The van der Waals surface area contributed by atoms with Crippen molar-refractivity contribution in [3.05, 3.63) is 22.7 Å². The highest BCUT2D eigenvalue weighted by Crippen LogP contribution is 2.07. The van der Waals surface area contributed by atoms with Crippen molar-refractivity contribution in [2.75, 3.05) is 17.3 Å². The van der Waals surface area contributed by atoms with Crippen LogP contribution in [0.2, 0.25) is 0 Å². The molecule has 0 aliphatic rings. The number of hydrogen-bond donors (Lipinski definition) is 2. The van der Waals surface area contributed by atoms with Crippen molar-refractivity contribution >= 4 is 17.6 Å². The van der Waals surface area contributed by atoms with Gasteiger partial charge in [-0.2, -0.15) is 11.8 Å². The zero-order chi connectivity index (χ0) is 10.4. The van der Waals surface area contributed by atoms with Gasteiger partial charge in [0.1, 0.15) is 5.82 Å². The first-order valence-corrected chi connectivity index (χ1v) is 5.96. The van der Waals surface area contributed by atoms with Crippen LogP contribution in [0.25, 0.3) is 0 Å². The number of aromatic nitrogens is 2. The number of rotatable bonds is 5. The van der Waals surface area contributed by atoms with Gasteiger partial charge >= 0.3 is 0 Å². The second-order valence-corrected chi connectivity index (χ2v) is 3.91. The Morgan fingerprint density at radius 1 is 1.71 bits per heavy atom. The van der Waals surface area contributed by atoms with E-state index in [9.17, 15) is 4.79 Å². The summed E-state index contributed by atoms with van der Waals surface area (Å²) in [6.45, 7) is 2.11. The first-order valence-electron chi connectivity index (χ1n) is 4.56. The third-order valence-electron chi connectivity index (χ3n) is 1.89. The van der Waals surface area contributed by atoms with Crippen LogP contribution in [-0.4, -0.2) is 28.0 Å². The molecule has 78 valence electrons. The van der Waals surface area contributed by atoms with Crippen LogP contribution in [0.1, 0.15) is 13.3 Å². The average Bonchev–Trinajstić information content (AvgIpc) is 2.17. The second-order valence-electron chi connectivity index (χ2n) is 3.00. The van der Waals surface area contributed by atoms with Crippen LogP contribution >= 0.6 is 11.8 Å². The Labute approximate surface area is 87.5 Å². The molecule has 14 heavy (non-hydrogen) atoms. The Hall–Kier alpha value is -0.970. The Morgan fingerprint density at radius 3 is 3.07 bits per heavy atom. The predicted octanol–water partition coefficient (Wildman–Crippen LogP) is 1.32. The maximum absolute atomic E-state index is 11.0. The van der Waals surface area contributed by atoms with E-state index in [2.05, 4.69) is 28.5 Å². The number of hydrogen-bond acceptors (Lipinski definition) is 4. The first kappa shape index (κ1) is 11.1. The van der Waals surface area contributed by atoms with Crippen LogP contribution < -0.4 is 10.9 Å². The molecule has 0 aliphatic heterocycles. The molecule has 0 aliphatic carbocycles. The van der Waals surface area contributed by atoms with E-state index in [-0.39, 0.29) is 5.56 Å². The van der Waals surface area contributed by atoms with Crippen molar-refractivity contribution in [1.82, 2.24) is 9.97 Å². The van der Waals surface area contributed by atoms with E-state index >= 15 is 0 Å². The van der Waals surface area contributed by atoms with E-state index in [1.165, 1.54) is 12.4 Å².